The smallest absolute Gasteiger partial charge is 0.251 e. The summed E-state index contributed by atoms with van der Waals surface area (Å²) in [6.07, 6.45) is 6.54. The van der Waals surface area contributed by atoms with E-state index >= 15 is 0 Å². The van der Waals surface area contributed by atoms with E-state index in [0.717, 1.165) is 29.4 Å². The third-order valence-electron chi connectivity index (χ3n) is 4.33. The molecule has 0 atom stereocenters. The zero-order valence-corrected chi connectivity index (χ0v) is 13.6. The Labute approximate surface area is 145 Å². The van der Waals surface area contributed by atoms with Crippen molar-refractivity contribution in [2.45, 2.75) is 12.8 Å². The molecular weight excluding hydrogens is 314 g/mol. The lowest BCUT2D eigenvalue weighted by Crippen LogP contribution is -2.34. The van der Waals surface area contributed by atoms with E-state index in [4.69, 9.17) is 0 Å². The molecule has 0 radical (unpaired) electrons. The molecule has 2 aromatic carbocycles. The molecule has 1 aliphatic rings. The molecule has 1 amide bonds. The van der Waals surface area contributed by atoms with Crippen molar-refractivity contribution >= 4 is 28.7 Å². The normalized spacial score (nSPS) is 14.0. The minimum atomic E-state index is -0.169. The average molecular weight is 331 g/mol. The molecule has 0 bridgehead atoms. The highest BCUT2D eigenvalue weighted by Crippen LogP contribution is 2.35. The third kappa shape index (κ3) is 2.96. The maximum absolute atomic E-state index is 12.6. The van der Waals surface area contributed by atoms with Crippen molar-refractivity contribution in [1.29, 1.82) is 0 Å². The van der Waals surface area contributed by atoms with Gasteiger partial charge in [-0.05, 0) is 42.7 Å². The molecular formula is C20H17N3O2. The molecule has 1 N–H and O–H groups in total. The van der Waals surface area contributed by atoms with Crippen LogP contribution < -0.4 is 4.90 Å². The molecule has 0 fully saturated rings. The summed E-state index contributed by atoms with van der Waals surface area (Å²) in [7, 11) is 0. The summed E-state index contributed by atoms with van der Waals surface area (Å²) in [5.41, 5.74) is 3.85. The SMILES string of the molecule is O=C(/C=C/c1cnc2ccccc2n1)N1CCCc2cccc(O)c21. The molecule has 0 saturated carbocycles. The first kappa shape index (κ1) is 15.3. The third-order valence-corrected chi connectivity index (χ3v) is 4.33. The number of aromatic hydroxyl groups is 1. The minimum Gasteiger partial charge on any atom is -0.506 e. The van der Waals surface area contributed by atoms with Gasteiger partial charge in [-0.2, -0.15) is 0 Å². The van der Waals surface area contributed by atoms with Crippen LogP contribution in [0.15, 0.2) is 54.7 Å². The number of rotatable bonds is 2. The van der Waals surface area contributed by atoms with Crippen LogP contribution in [0.4, 0.5) is 5.69 Å². The lowest BCUT2D eigenvalue weighted by molar-refractivity contribution is -0.114. The number of anilines is 1. The Hall–Kier alpha value is -3.21. The van der Waals surface area contributed by atoms with Crippen LogP contribution in [0.25, 0.3) is 17.1 Å². The first-order valence-electron chi connectivity index (χ1n) is 8.24. The first-order chi connectivity index (χ1) is 12.2. The fourth-order valence-corrected chi connectivity index (χ4v) is 3.15. The summed E-state index contributed by atoms with van der Waals surface area (Å²) in [4.78, 5) is 23.1. The van der Waals surface area contributed by atoms with Crippen molar-refractivity contribution in [1.82, 2.24) is 9.97 Å². The summed E-state index contributed by atoms with van der Waals surface area (Å²) in [5.74, 6) is -0.0261. The molecule has 0 unspecified atom stereocenters. The van der Waals surface area contributed by atoms with Gasteiger partial charge in [-0.3, -0.25) is 9.78 Å². The van der Waals surface area contributed by atoms with Crippen molar-refractivity contribution in [2.24, 2.45) is 0 Å². The minimum absolute atomic E-state index is 0.143. The summed E-state index contributed by atoms with van der Waals surface area (Å²) in [6, 6.07) is 13.0. The fourth-order valence-electron chi connectivity index (χ4n) is 3.15. The number of carbonyl (C=O) groups excluding carboxylic acids is 1. The standard InChI is InChI=1S/C20H17N3O2/c24-18-9-3-5-14-6-4-12-23(20(14)18)19(25)11-10-15-13-21-16-7-1-2-8-17(16)22-15/h1-3,5,7-11,13,24H,4,6,12H2/b11-10+. The molecule has 2 heterocycles. The molecule has 1 aliphatic heterocycles. The number of hydrogen-bond acceptors (Lipinski definition) is 4. The number of aromatic nitrogens is 2. The quantitative estimate of drug-likeness (QED) is 0.732. The van der Waals surface area contributed by atoms with Gasteiger partial charge in [0.25, 0.3) is 5.91 Å². The second-order valence-electron chi connectivity index (χ2n) is 6.00. The number of para-hydroxylation sites is 3. The number of aryl methyl sites for hydroxylation is 1. The molecule has 5 nitrogen and oxygen atoms in total. The zero-order valence-electron chi connectivity index (χ0n) is 13.6. The van der Waals surface area contributed by atoms with E-state index < -0.39 is 0 Å². The van der Waals surface area contributed by atoms with Gasteiger partial charge in [0.05, 0.1) is 28.6 Å². The van der Waals surface area contributed by atoms with E-state index in [9.17, 15) is 9.90 Å². The van der Waals surface area contributed by atoms with Gasteiger partial charge in [0.2, 0.25) is 0 Å². The van der Waals surface area contributed by atoms with Crippen LogP contribution >= 0.6 is 0 Å². The van der Waals surface area contributed by atoms with Crippen LogP contribution in [-0.4, -0.2) is 27.5 Å². The maximum atomic E-state index is 12.6. The first-order valence-corrected chi connectivity index (χ1v) is 8.24. The second-order valence-corrected chi connectivity index (χ2v) is 6.00. The van der Waals surface area contributed by atoms with Crippen molar-refractivity contribution in [3.05, 3.63) is 66.0 Å². The molecule has 124 valence electrons. The van der Waals surface area contributed by atoms with Crippen molar-refractivity contribution in [3.63, 3.8) is 0 Å². The lowest BCUT2D eigenvalue weighted by Gasteiger charge is -2.29. The van der Waals surface area contributed by atoms with E-state index in [1.807, 2.05) is 36.4 Å². The lowest BCUT2D eigenvalue weighted by atomic mass is 10.0. The Balaban J connectivity index is 1.61. The van der Waals surface area contributed by atoms with Crippen LogP contribution in [0.2, 0.25) is 0 Å². The number of phenolic OH excluding ortho intramolecular Hbond substituents is 1. The highest BCUT2D eigenvalue weighted by atomic mass is 16.3. The topological polar surface area (TPSA) is 66.3 Å². The molecule has 5 heteroatoms. The molecule has 4 rings (SSSR count). The number of nitrogens with zero attached hydrogens (tertiary/aromatic N) is 3. The highest BCUT2D eigenvalue weighted by Gasteiger charge is 2.23. The summed E-state index contributed by atoms with van der Waals surface area (Å²) >= 11 is 0. The maximum Gasteiger partial charge on any atom is 0.251 e. The van der Waals surface area contributed by atoms with Gasteiger partial charge in [-0.1, -0.05) is 24.3 Å². The number of phenols is 1. The Morgan fingerprint density at radius 1 is 1.12 bits per heavy atom. The predicted molar refractivity (Wildman–Crippen MR) is 97.4 cm³/mol. The van der Waals surface area contributed by atoms with Crippen LogP contribution in [0.3, 0.4) is 0 Å². The Morgan fingerprint density at radius 3 is 2.84 bits per heavy atom. The Morgan fingerprint density at radius 2 is 1.96 bits per heavy atom. The van der Waals surface area contributed by atoms with Crippen molar-refractivity contribution in [2.75, 3.05) is 11.4 Å². The van der Waals surface area contributed by atoms with Gasteiger partial charge in [-0.15, -0.1) is 0 Å². The van der Waals surface area contributed by atoms with Crippen LogP contribution in [-0.2, 0) is 11.2 Å². The number of fused-ring (bicyclic) bond motifs is 2. The fraction of sp³-hybridized carbons (Fsp3) is 0.150. The van der Waals surface area contributed by atoms with E-state index in [1.54, 1.807) is 23.2 Å². The monoisotopic (exact) mass is 331 g/mol. The second kappa shape index (κ2) is 6.36. The van der Waals surface area contributed by atoms with Crippen LogP contribution in [0, 0.1) is 0 Å². The molecule has 3 aromatic rings. The molecule has 0 spiro atoms. The Kier molecular flexibility index (Phi) is 3.90. The van der Waals surface area contributed by atoms with E-state index in [1.165, 1.54) is 6.08 Å². The summed E-state index contributed by atoms with van der Waals surface area (Å²) in [6.45, 7) is 0.594. The van der Waals surface area contributed by atoms with Gasteiger partial charge in [0.1, 0.15) is 5.75 Å². The number of carbonyl (C=O) groups is 1. The van der Waals surface area contributed by atoms with Gasteiger partial charge in [0, 0.05) is 12.6 Å². The van der Waals surface area contributed by atoms with Crippen LogP contribution in [0.5, 0.6) is 5.75 Å². The summed E-state index contributed by atoms with van der Waals surface area (Å²) < 4.78 is 0. The zero-order chi connectivity index (χ0) is 17.2. The van der Waals surface area contributed by atoms with Gasteiger partial charge < -0.3 is 10.0 Å². The molecule has 1 aromatic heterocycles. The van der Waals surface area contributed by atoms with Gasteiger partial charge in [-0.25, -0.2) is 4.98 Å². The largest absolute Gasteiger partial charge is 0.506 e. The molecule has 0 saturated heterocycles. The number of benzene rings is 2. The summed E-state index contributed by atoms with van der Waals surface area (Å²) in [5, 5.41) is 10.1. The van der Waals surface area contributed by atoms with Gasteiger partial charge in [0.15, 0.2) is 0 Å². The molecule has 25 heavy (non-hydrogen) atoms. The van der Waals surface area contributed by atoms with E-state index in [2.05, 4.69) is 9.97 Å². The van der Waals surface area contributed by atoms with Crippen molar-refractivity contribution < 1.29 is 9.90 Å². The highest BCUT2D eigenvalue weighted by molar-refractivity contribution is 6.05. The Bertz CT molecular complexity index is 982. The van der Waals surface area contributed by atoms with Crippen molar-refractivity contribution in [3.8, 4) is 5.75 Å². The average Bonchev–Trinajstić information content (AvgIpc) is 2.66. The van der Waals surface area contributed by atoms with Crippen LogP contribution in [0.1, 0.15) is 17.7 Å². The van der Waals surface area contributed by atoms with Gasteiger partial charge >= 0.3 is 0 Å². The number of hydrogen-bond donors (Lipinski definition) is 1. The van der Waals surface area contributed by atoms with E-state index in [-0.39, 0.29) is 11.7 Å². The van der Waals surface area contributed by atoms with E-state index in [0.29, 0.717) is 17.9 Å². The number of amides is 1. The molecule has 0 aliphatic carbocycles. The predicted octanol–water partition coefficient (Wildman–Crippen LogP) is 3.33.